The van der Waals surface area contributed by atoms with Gasteiger partial charge in [-0.2, -0.15) is 0 Å². The first kappa shape index (κ1) is 15.2. The standard InChI is InChI=1S/C20H26N2/c1-14-12-21-18(22-13-14)11-15-6-7-16-17(10-15)20(4,5)9-8-19(16,2)3/h6-7,10,12-13H,8-9,11H2,1-5H3. The zero-order valence-electron chi connectivity index (χ0n) is 14.4. The number of fused-ring (bicyclic) bond motifs is 1. The van der Waals surface area contributed by atoms with E-state index in [2.05, 4.69) is 55.9 Å². The summed E-state index contributed by atoms with van der Waals surface area (Å²) in [7, 11) is 0. The minimum atomic E-state index is 0.259. The highest BCUT2D eigenvalue weighted by atomic mass is 14.9. The molecular formula is C20H26N2. The molecule has 0 N–H and O–H groups in total. The second-order valence-corrected chi connectivity index (χ2v) is 8.00. The highest BCUT2D eigenvalue weighted by Gasteiger charge is 2.36. The molecule has 3 rings (SSSR count). The first-order valence-corrected chi connectivity index (χ1v) is 8.19. The van der Waals surface area contributed by atoms with E-state index in [4.69, 9.17) is 0 Å². The van der Waals surface area contributed by atoms with E-state index in [1.54, 1.807) is 0 Å². The molecule has 0 unspecified atom stereocenters. The van der Waals surface area contributed by atoms with Crippen molar-refractivity contribution in [2.24, 2.45) is 0 Å². The van der Waals surface area contributed by atoms with Crippen LogP contribution in [0, 0.1) is 6.92 Å². The number of aromatic nitrogens is 2. The average molecular weight is 294 g/mol. The lowest BCUT2D eigenvalue weighted by atomic mass is 9.63. The molecule has 22 heavy (non-hydrogen) atoms. The molecule has 0 amide bonds. The van der Waals surface area contributed by atoms with Gasteiger partial charge in [-0.25, -0.2) is 9.97 Å². The minimum absolute atomic E-state index is 0.259. The van der Waals surface area contributed by atoms with E-state index in [1.807, 2.05) is 19.3 Å². The molecule has 1 aromatic carbocycles. The first-order valence-electron chi connectivity index (χ1n) is 8.19. The summed E-state index contributed by atoms with van der Waals surface area (Å²) in [6.45, 7) is 11.5. The quantitative estimate of drug-likeness (QED) is 0.800. The molecule has 1 aliphatic carbocycles. The van der Waals surface area contributed by atoms with Crippen LogP contribution in [0.1, 0.15) is 68.6 Å². The van der Waals surface area contributed by atoms with Gasteiger partial charge in [-0.05, 0) is 52.8 Å². The molecule has 2 aromatic rings. The van der Waals surface area contributed by atoms with Crippen molar-refractivity contribution in [1.29, 1.82) is 0 Å². The topological polar surface area (TPSA) is 25.8 Å². The number of benzene rings is 1. The van der Waals surface area contributed by atoms with Gasteiger partial charge in [0.1, 0.15) is 5.82 Å². The Labute approximate surface area is 134 Å². The SMILES string of the molecule is Cc1cnc(Cc2ccc3c(c2)C(C)(C)CCC3(C)C)nc1. The normalized spacial score (nSPS) is 18.8. The van der Waals surface area contributed by atoms with Crippen LogP contribution in [-0.4, -0.2) is 9.97 Å². The Morgan fingerprint density at radius 1 is 0.909 bits per heavy atom. The fraction of sp³-hybridized carbons (Fsp3) is 0.500. The maximum Gasteiger partial charge on any atom is 0.132 e. The van der Waals surface area contributed by atoms with Crippen molar-refractivity contribution in [3.8, 4) is 0 Å². The van der Waals surface area contributed by atoms with Gasteiger partial charge < -0.3 is 0 Å². The summed E-state index contributed by atoms with van der Waals surface area (Å²) in [4.78, 5) is 8.88. The van der Waals surface area contributed by atoms with E-state index in [9.17, 15) is 0 Å². The zero-order chi connectivity index (χ0) is 16.0. The maximum absolute atomic E-state index is 4.44. The monoisotopic (exact) mass is 294 g/mol. The van der Waals surface area contributed by atoms with Crippen molar-refractivity contribution < 1.29 is 0 Å². The van der Waals surface area contributed by atoms with Crippen molar-refractivity contribution in [2.45, 2.75) is 64.7 Å². The Bertz CT molecular complexity index is 681. The summed E-state index contributed by atoms with van der Waals surface area (Å²) >= 11 is 0. The Morgan fingerprint density at radius 3 is 2.14 bits per heavy atom. The van der Waals surface area contributed by atoms with Gasteiger partial charge in [0.25, 0.3) is 0 Å². The highest BCUT2D eigenvalue weighted by molar-refractivity contribution is 5.44. The van der Waals surface area contributed by atoms with Gasteiger partial charge in [0.05, 0.1) is 0 Å². The summed E-state index contributed by atoms with van der Waals surface area (Å²) in [5, 5.41) is 0. The van der Waals surface area contributed by atoms with Gasteiger partial charge in [-0.15, -0.1) is 0 Å². The van der Waals surface area contributed by atoms with Gasteiger partial charge in [0, 0.05) is 18.8 Å². The lowest BCUT2D eigenvalue weighted by Gasteiger charge is -2.42. The first-order chi connectivity index (χ1) is 10.3. The second kappa shape index (κ2) is 5.19. The third kappa shape index (κ3) is 2.79. The summed E-state index contributed by atoms with van der Waals surface area (Å²) in [5.41, 5.74) is 5.98. The molecule has 0 aliphatic heterocycles. The average Bonchev–Trinajstić information content (AvgIpc) is 2.47. The van der Waals surface area contributed by atoms with Crippen LogP contribution in [0.4, 0.5) is 0 Å². The number of hydrogen-bond acceptors (Lipinski definition) is 2. The Balaban J connectivity index is 1.97. The Kier molecular flexibility index (Phi) is 3.58. The van der Waals surface area contributed by atoms with E-state index >= 15 is 0 Å². The zero-order valence-corrected chi connectivity index (χ0v) is 14.4. The number of nitrogens with zero attached hydrogens (tertiary/aromatic N) is 2. The van der Waals surface area contributed by atoms with Crippen molar-refractivity contribution in [1.82, 2.24) is 9.97 Å². The molecule has 0 radical (unpaired) electrons. The molecule has 0 saturated carbocycles. The molecule has 0 fully saturated rings. The summed E-state index contributed by atoms with van der Waals surface area (Å²) in [5.74, 6) is 0.901. The van der Waals surface area contributed by atoms with Crippen molar-refractivity contribution >= 4 is 0 Å². The Hall–Kier alpha value is -1.70. The van der Waals surface area contributed by atoms with E-state index in [0.717, 1.165) is 17.8 Å². The fourth-order valence-electron chi connectivity index (χ4n) is 3.44. The molecule has 116 valence electrons. The number of hydrogen-bond donors (Lipinski definition) is 0. The van der Waals surface area contributed by atoms with E-state index in [0.29, 0.717) is 0 Å². The Morgan fingerprint density at radius 2 is 1.50 bits per heavy atom. The third-order valence-corrected chi connectivity index (χ3v) is 5.11. The predicted molar refractivity (Wildman–Crippen MR) is 91.3 cm³/mol. The molecule has 1 aliphatic rings. The lowest BCUT2D eigenvalue weighted by molar-refractivity contribution is 0.331. The summed E-state index contributed by atoms with van der Waals surface area (Å²) in [6.07, 6.45) is 7.11. The smallest absolute Gasteiger partial charge is 0.132 e. The molecule has 1 aromatic heterocycles. The van der Waals surface area contributed by atoms with E-state index < -0.39 is 0 Å². The molecule has 0 atom stereocenters. The van der Waals surface area contributed by atoms with Crippen molar-refractivity contribution in [3.05, 3.63) is 58.7 Å². The van der Waals surface area contributed by atoms with Crippen LogP contribution in [0.3, 0.4) is 0 Å². The van der Waals surface area contributed by atoms with Gasteiger partial charge in [0.15, 0.2) is 0 Å². The third-order valence-electron chi connectivity index (χ3n) is 5.11. The minimum Gasteiger partial charge on any atom is -0.241 e. The molecule has 2 heteroatoms. The number of aryl methyl sites for hydroxylation is 1. The van der Waals surface area contributed by atoms with Crippen LogP contribution >= 0.6 is 0 Å². The van der Waals surface area contributed by atoms with Gasteiger partial charge in [-0.3, -0.25) is 0 Å². The predicted octanol–water partition coefficient (Wildman–Crippen LogP) is 4.72. The van der Waals surface area contributed by atoms with Gasteiger partial charge in [-0.1, -0.05) is 45.9 Å². The highest BCUT2D eigenvalue weighted by Crippen LogP contribution is 2.45. The fourth-order valence-corrected chi connectivity index (χ4v) is 3.44. The van der Waals surface area contributed by atoms with Crippen LogP contribution in [0.2, 0.25) is 0 Å². The van der Waals surface area contributed by atoms with Crippen LogP contribution in [0.15, 0.2) is 30.6 Å². The molecule has 2 nitrogen and oxygen atoms in total. The van der Waals surface area contributed by atoms with Crippen molar-refractivity contribution in [3.63, 3.8) is 0 Å². The van der Waals surface area contributed by atoms with Gasteiger partial charge >= 0.3 is 0 Å². The summed E-state index contributed by atoms with van der Waals surface area (Å²) in [6, 6.07) is 6.98. The molecular weight excluding hydrogens is 268 g/mol. The second-order valence-electron chi connectivity index (χ2n) is 8.00. The summed E-state index contributed by atoms with van der Waals surface area (Å²) < 4.78 is 0. The molecule has 0 saturated heterocycles. The van der Waals surface area contributed by atoms with Crippen LogP contribution in [0.25, 0.3) is 0 Å². The van der Waals surface area contributed by atoms with E-state index in [-0.39, 0.29) is 10.8 Å². The van der Waals surface area contributed by atoms with Gasteiger partial charge in [0.2, 0.25) is 0 Å². The molecule has 0 bridgehead atoms. The van der Waals surface area contributed by atoms with Crippen molar-refractivity contribution in [2.75, 3.05) is 0 Å². The van der Waals surface area contributed by atoms with Crippen LogP contribution in [-0.2, 0) is 17.3 Å². The largest absolute Gasteiger partial charge is 0.241 e. The molecule has 0 spiro atoms. The maximum atomic E-state index is 4.44. The van der Waals surface area contributed by atoms with Crippen LogP contribution in [0.5, 0.6) is 0 Å². The van der Waals surface area contributed by atoms with E-state index in [1.165, 1.54) is 29.5 Å². The number of rotatable bonds is 2. The lowest BCUT2D eigenvalue weighted by Crippen LogP contribution is -2.33. The molecule has 1 heterocycles. The van der Waals surface area contributed by atoms with Crippen LogP contribution < -0.4 is 0 Å².